The average molecular weight is 127 g/mol. The van der Waals surface area contributed by atoms with Crippen molar-refractivity contribution in [1.29, 1.82) is 0 Å². The summed E-state index contributed by atoms with van der Waals surface area (Å²) in [6.07, 6.45) is 3.93. The molecule has 0 atom stereocenters. The topological polar surface area (TPSA) is 29.1 Å². The van der Waals surface area contributed by atoms with E-state index in [9.17, 15) is 9.18 Å². The molecule has 0 aromatic heterocycles. The van der Waals surface area contributed by atoms with Gasteiger partial charge in [-0.25, -0.2) is 4.39 Å². The molecule has 0 aromatic rings. The Morgan fingerprint density at radius 1 is 1.67 bits per heavy atom. The fourth-order valence-corrected chi connectivity index (χ4v) is 0.529. The van der Waals surface area contributed by atoms with Crippen molar-refractivity contribution in [3.8, 4) is 0 Å². The Kier molecular flexibility index (Phi) is 1.63. The minimum atomic E-state index is -0.322. The van der Waals surface area contributed by atoms with Crippen LogP contribution in [0.1, 0.15) is 0 Å². The van der Waals surface area contributed by atoms with Gasteiger partial charge in [0.15, 0.2) is 0 Å². The van der Waals surface area contributed by atoms with E-state index in [2.05, 4.69) is 5.32 Å². The molecular formula is C6H6FNO. The van der Waals surface area contributed by atoms with E-state index in [1.165, 1.54) is 18.2 Å². The van der Waals surface area contributed by atoms with Crippen LogP contribution in [-0.2, 0) is 4.79 Å². The van der Waals surface area contributed by atoms with Gasteiger partial charge >= 0.3 is 0 Å². The Balaban J connectivity index is 2.65. The Bertz CT molecular complexity index is 183. The fraction of sp³-hybridized carbons (Fsp3) is 0.167. The van der Waals surface area contributed by atoms with E-state index in [-0.39, 0.29) is 18.3 Å². The molecule has 2 nitrogen and oxygen atoms in total. The van der Waals surface area contributed by atoms with Crippen LogP contribution in [0.15, 0.2) is 24.1 Å². The summed E-state index contributed by atoms with van der Waals surface area (Å²) >= 11 is 0. The quantitative estimate of drug-likeness (QED) is 0.505. The molecule has 1 aliphatic heterocycles. The maximum absolute atomic E-state index is 12.2. The lowest BCUT2D eigenvalue weighted by Crippen LogP contribution is -2.21. The van der Waals surface area contributed by atoms with Gasteiger partial charge in [-0.1, -0.05) is 6.08 Å². The fourth-order valence-electron chi connectivity index (χ4n) is 0.529. The number of allylic oxidation sites excluding steroid dienone is 2. The SMILES string of the molecule is O=C1C=CC=C(F)CN1. The average Bonchev–Trinajstić information content (AvgIpc) is 1.97. The van der Waals surface area contributed by atoms with Gasteiger partial charge in [0.25, 0.3) is 0 Å². The molecule has 0 saturated carbocycles. The van der Waals surface area contributed by atoms with Gasteiger partial charge in [-0.3, -0.25) is 4.79 Å². The maximum Gasteiger partial charge on any atom is 0.244 e. The predicted octanol–water partition coefficient (Wildman–Crippen LogP) is 0.526. The normalized spacial score (nSPS) is 18.3. The van der Waals surface area contributed by atoms with E-state index < -0.39 is 0 Å². The molecule has 3 heteroatoms. The molecule has 0 spiro atoms. The highest BCUT2D eigenvalue weighted by Gasteiger charge is 1.99. The van der Waals surface area contributed by atoms with E-state index in [1.54, 1.807) is 0 Å². The molecule has 0 fully saturated rings. The summed E-state index contributed by atoms with van der Waals surface area (Å²) in [5.41, 5.74) is 0. The van der Waals surface area contributed by atoms with Crippen molar-refractivity contribution in [2.45, 2.75) is 0 Å². The van der Waals surface area contributed by atoms with Gasteiger partial charge in [-0.05, 0) is 6.08 Å². The number of carbonyl (C=O) groups excluding carboxylic acids is 1. The first-order valence-electron chi connectivity index (χ1n) is 2.59. The molecular weight excluding hydrogens is 121 g/mol. The summed E-state index contributed by atoms with van der Waals surface area (Å²) in [4.78, 5) is 10.4. The maximum atomic E-state index is 12.2. The molecule has 48 valence electrons. The van der Waals surface area contributed by atoms with Gasteiger partial charge in [0.2, 0.25) is 5.91 Å². The van der Waals surface area contributed by atoms with Gasteiger partial charge in [0.1, 0.15) is 5.83 Å². The number of hydrogen-bond donors (Lipinski definition) is 1. The third-order valence-electron chi connectivity index (χ3n) is 0.956. The van der Waals surface area contributed by atoms with Crippen molar-refractivity contribution in [1.82, 2.24) is 5.32 Å². The summed E-state index contributed by atoms with van der Waals surface area (Å²) < 4.78 is 12.2. The van der Waals surface area contributed by atoms with Crippen molar-refractivity contribution < 1.29 is 9.18 Å². The summed E-state index contributed by atoms with van der Waals surface area (Å²) in [6, 6.07) is 0. The van der Waals surface area contributed by atoms with E-state index in [0.717, 1.165) is 0 Å². The Morgan fingerprint density at radius 2 is 2.44 bits per heavy atom. The van der Waals surface area contributed by atoms with Gasteiger partial charge in [-0.2, -0.15) is 0 Å². The van der Waals surface area contributed by atoms with Crippen LogP contribution in [0.25, 0.3) is 0 Å². The first-order valence-corrected chi connectivity index (χ1v) is 2.59. The summed E-state index contributed by atoms with van der Waals surface area (Å²) in [5, 5.41) is 2.33. The zero-order valence-electron chi connectivity index (χ0n) is 4.73. The molecule has 1 N–H and O–H groups in total. The van der Waals surface area contributed by atoms with Gasteiger partial charge in [0.05, 0.1) is 6.54 Å². The van der Waals surface area contributed by atoms with Crippen molar-refractivity contribution in [2.75, 3.05) is 6.54 Å². The lowest BCUT2D eigenvalue weighted by molar-refractivity contribution is -0.116. The van der Waals surface area contributed by atoms with Crippen LogP contribution in [0.2, 0.25) is 0 Å². The van der Waals surface area contributed by atoms with Crippen LogP contribution in [0, 0.1) is 0 Å². The van der Waals surface area contributed by atoms with Crippen molar-refractivity contribution in [3.63, 3.8) is 0 Å². The molecule has 0 bridgehead atoms. The Labute approximate surface area is 52.1 Å². The molecule has 0 aliphatic carbocycles. The number of nitrogens with one attached hydrogen (secondary N) is 1. The molecule has 0 aromatic carbocycles. The zero-order chi connectivity index (χ0) is 6.69. The molecule has 0 unspecified atom stereocenters. The number of hydrogen-bond acceptors (Lipinski definition) is 1. The van der Waals surface area contributed by atoms with E-state index in [0.29, 0.717) is 0 Å². The van der Waals surface area contributed by atoms with Gasteiger partial charge < -0.3 is 5.32 Å². The largest absolute Gasteiger partial charge is 0.346 e. The van der Waals surface area contributed by atoms with Crippen LogP contribution >= 0.6 is 0 Å². The molecule has 1 heterocycles. The minimum Gasteiger partial charge on any atom is -0.346 e. The molecule has 1 rings (SSSR count). The van der Waals surface area contributed by atoms with Crippen molar-refractivity contribution >= 4 is 5.91 Å². The molecule has 1 aliphatic rings. The highest BCUT2D eigenvalue weighted by Crippen LogP contribution is 1.96. The van der Waals surface area contributed by atoms with Crippen LogP contribution in [0.5, 0.6) is 0 Å². The van der Waals surface area contributed by atoms with E-state index >= 15 is 0 Å². The lowest BCUT2D eigenvalue weighted by atomic mass is 10.4. The van der Waals surface area contributed by atoms with E-state index in [4.69, 9.17) is 0 Å². The van der Waals surface area contributed by atoms with E-state index in [1.807, 2.05) is 0 Å². The highest BCUT2D eigenvalue weighted by molar-refractivity contribution is 5.88. The first-order chi connectivity index (χ1) is 4.29. The number of rotatable bonds is 0. The number of halogens is 1. The van der Waals surface area contributed by atoms with Crippen molar-refractivity contribution in [3.05, 3.63) is 24.1 Å². The van der Waals surface area contributed by atoms with Gasteiger partial charge in [-0.15, -0.1) is 0 Å². The number of carbonyl (C=O) groups is 1. The third-order valence-corrected chi connectivity index (χ3v) is 0.956. The van der Waals surface area contributed by atoms with Gasteiger partial charge in [0, 0.05) is 6.08 Å². The second-order valence-electron chi connectivity index (χ2n) is 1.69. The molecule has 0 saturated heterocycles. The van der Waals surface area contributed by atoms with Crippen LogP contribution in [0.3, 0.4) is 0 Å². The highest BCUT2D eigenvalue weighted by atomic mass is 19.1. The summed E-state index contributed by atoms with van der Waals surface area (Å²) in [7, 11) is 0. The Morgan fingerprint density at radius 3 is 3.22 bits per heavy atom. The van der Waals surface area contributed by atoms with Crippen LogP contribution < -0.4 is 5.32 Å². The number of amides is 1. The van der Waals surface area contributed by atoms with Crippen LogP contribution in [0.4, 0.5) is 4.39 Å². The standard InChI is InChI=1S/C6H6FNO/c7-5-2-1-3-6(9)8-4-5/h1-3H,4H2,(H,8,9). The minimum absolute atomic E-state index is 0.00579. The van der Waals surface area contributed by atoms with Crippen molar-refractivity contribution in [2.24, 2.45) is 0 Å². The first kappa shape index (κ1) is 6.01. The lowest BCUT2D eigenvalue weighted by Gasteiger charge is -1.93. The second-order valence-corrected chi connectivity index (χ2v) is 1.69. The zero-order valence-corrected chi connectivity index (χ0v) is 4.73. The Hall–Kier alpha value is -1.12. The molecule has 0 radical (unpaired) electrons. The summed E-state index contributed by atoms with van der Waals surface area (Å²) in [6.45, 7) is 0.00579. The molecule has 1 amide bonds. The monoisotopic (exact) mass is 127 g/mol. The third kappa shape index (κ3) is 1.68. The smallest absolute Gasteiger partial charge is 0.244 e. The summed E-state index contributed by atoms with van der Waals surface area (Å²) in [5.74, 6) is -0.573. The predicted molar refractivity (Wildman–Crippen MR) is 31.3 cm³/mol. The molecule has 9 heavy (non-hydrogen) atoms. The second kappa shape index (κ2) is 2.44. The van der Waals surface area contributed by atoms with Crippen LogP contribution in [-0.4, -0.2) is 12.5 Å².